The van der Waals surface area contributed by atoms with Gasteiger partial charge >= 0.3 is 5.97 Å². The zero-order chi connectivity index (χ0) is 12.0. The van der Waals surface area contributed by atoms with E-state index in [1.807, 2.05) is 0 Å². The fraction of sp³-hybridized carbons (Fsp3) is 0.900. The first kappa shape index (κ1) is 13.8. The Hall–Kier alpha value is -0.300. The number of nitrogens with one attached hydrogen (secondary N) is 1. The molecule has 2 unspecified atom stereocenters. The molecule has 16 heavy (non-hydrogen) atoms. The van der Waals surface area contributed by atoms with Gasteiger partial charge in [0.1, 0.15) is 6.04 Å². The molecule has 6 heteroatoms. The highest BCUT2D eigenvalue weighted by atomic mass is 32.2. The van der Waals surface area contributed by atoms with Crippen LogP contribution in [0.4, 0.5) is 0 Å². The Labute approximate surface area is 99.2 Å². The van der Waals surface area contributed by atoms with Crippen LogP contribution in [0.25, 0.3) is 0 Å². The molecule has 0 aromatic rings. The zero-order valence-electron chi connectivity index (χ0n) is 9.13. The summed E-state index contributed by atoms with van der Waals surface area (Å²) >= 11 is 1.47. The number of carboxylic acid groups (broad SMARTS) is 1. The van der Waals surface area contributed by atoms with Crippen LogP contribution in [0.15, 0.2) is 0 Å². The third kappa shape index (κ3) is 5.69. The van der Waals surface area contributed by atoms with Crippen LogP contribution in [0.2, 0.25) is 0 Å². The first-order chi connectivity index (χ1) is 7.63. The van der Waals surface area contributed by atoms with E-state index in [0.717, 1.165) is 12.8 Å². The van der Waals surface area contributed by atoms with Crippen molar-refractivity contribution in [1.82, 2.24) is 5.32 Å². The maximum Gasteiger partial charge on any atom is 0.320 e. The Bertz CT molecular complexity index is 223. The molecule has 1 rings (SSSR count). The molecule has 4 N–H and O–H groups in total. The lowest BCUT2D eigenvalue weighted by molar-refractivity contribution is -0.139. The van der Waals surface area contributed by atoms with Crippen molar-refractivity contribution in [2.75, 3.05) is 18.1 Å². The van der Waals surface area contributed by atoms with Gasteiger partial charge in [-0.25, -0.2) is 0 Å². The van der Waals surface area contributed by atoms with Crippen LogP contribution < -0.4 is 5.32 Å². The summed E-state index contributed by atoms with van der Waals surface area (Å²) < 4.78 is 0. The van der Waals surface area contributed by atoms with Gasteiger partial charge in [-0.05, 0) is 25.0 Å². The average molecular weight is 249 g/mol. The minimum Gasteiger partial charge on any atom is -0.480 e. The van der Waals surface area contributed by atoms with Crippen LogP contribution in [-0.2, 0) is 4.79 Å². The van der Waals surface area contributed by atoms with Crippen molar-refractivity contribution in [1.29, 1.82) is 0 Å². The van der Waals surface area contributed by atoms with Crippen LogP contribution in [0.5, 0.6) is 0 Å². The summed E-state index contributed by atoms with van der Waals surface area (Å²) in [6.45, 7) is -0.240. The van der Waals surface area contributed by atoms with Gasteiger partial charge < -0.3 is 20.6 Å². The second kappa shape index (κ2) is 7.11. The van der Waals surface area contributed by atoms with Crippen molar-refractivity contribution in [3.05, 3.63) is 0 Å². The van der Waals surface area contributed by atoms with Crippen LogP contribution in [0.1, 0.15) is 19.3 Å². The van der Waals surface area contributed by atoms with Crippen LogP contribution >= 0.6 is 11.8 Å². The Morgan fingerprint density at radius 1 is 1.50 bits per heavy atom. The van der Waals surface area contributed by atoms with Crippen LogP contribution in [-0.4, -0.2) is 57.6 Å². The predicted octanol–water partition coefficient (Wildman–Crippen LogP) is -0.332. The van der Waals surface area contributed by atoms with Gasteiger partial charge in [-0.3, -0.25) is 4.79 Å². The van der Waals surface area contributed by atoms with E-state index in [0.29, 0.717) is 24.0 Å². The van der Waals surface area contributed by atoms with Gasteiger partial charge in [0.15, 0.2) is 0 Å². The number of aliphatic hydroxyl groups excluding tert-OH is 2. The molecule has 2 atom stereocenters. The number of hydrogen-bond donors (Lipinski definition) is 4. The molecule has 0 aromatic carbocycles. The number of carbonyl (C=O) groups is 1. The molecule has 0 heterocycles. The van der Waals surface area contributed by atoms with Crippen LogP contribution in [0, 0.1) is 0 Å². The second-order valence-corrected chi connectivity index (χ2v) is 5.18. The molecule has 1 fully saturated rings. The Morgan fingerprint density at radius 3 is 2.69 bits per heavy atom. The molecule has 0 amide bonds. The molecule has 0 bridgehead atoms. The van der Waals surface area contributed by atoms with Crippen LogP contribution in [0.3, 0.4) is 0 Å². The lowest BCUT2D eigenvalue weighted by Crippen LogP contribution is -2.38. The summed E-state index contributed by atoms with van der Waals surface area (Å²) in [4.78, 5) is 10.9. The minimum absolute atomic E-state index is 0.240. The van der Waals surface area contributed by atoms with E-state index >= 15 is 0 Å². The molecule has 0 spiro atoms. The Balaban J connectivity index is 2.09. The SMILES string of the molecule is O=C(O)C(CCSCC(O)CO)NC1CC1. The van der Waals surface area contributed by atoms with E-state index in [-0.39, 0.29) is 6.61 Å². The molecule has 0 aliphatic heterocycles. The second-order valence-electron chi connectivity index (χ2n) is 4.03. The van der Waals surface area contributed by atoms with Gasteiger partial charge in [0.2, 0.25) is 0 Å². The zero-order valence-corrected chi connectivity index (χ0v) is 9.95. The number of aliphatic carboxylic acids is 1. The lowest BCUT2D eigenvalue weighted by atomic mass is 10.2. The molecule has 0 saturated heterocycles. The molecule has 0 radical (unpaired) electrons. The third-order valence-corrected chi connectivity index (χ3v) is 3.53. The monoisotopic (exact) mass is 249 g/mol. The summed E-state index contributed by atoms with van der Waals surface area (Å²) in [7, 11) is 0. The van der Waals surface area contributed by atoms with Crippen molar-refractivity contribution in [2.24, 2.45) is 0 Å². The van der Waals surface area contributed by atoms with E-state index in [1.54, 1.807) is 0 Å². The maximum atomic E-state index is 10.9. The predicted molar refractivity (Wildman–Crippen MR) is 62.6 cm³/mol. The summed E-state index contributed by atoms with van der Waals surface area (Å²) in [5.41, 5.74) is 0. The summed E-state index contributed by atoms with van der Waals surface area (Å²) in [6.07, 6.45) is 1.99. The highest BCUT2D eigenvalue weighted by molar-refractivity contribution is 7.99. The first-order valence-electron chi connectivity index (χ1n) is 5.49. The van der Waals surface area contributed by atoms with Crippen molar-refractivity contribution >= 4 is 17.7 Å². The average Bonchev–Trinajstić information content (AvgIpc) is 3.05. The number of aliphatic hydroxyl groups is 2. The minimum atomic E-state index is -0.810. The first-order valence-corrected chi connectivity index (χ1v) is 6.64. The summed E-state index contributed by atoms with van der Waals surface area (Å²) in [6, 6.07) is -0.0969. The van der Waals surface area contributed by atoms with E-state index in [2.05, 4.69) is 5.32 Å². The summed E-state index contributed by atoms with van der Waals surface area (Å²) in [5, 5.41) is 29.7. The molecular weight excluding hydrogens is 230 g/mol. The molecular formula is C10H19NO4S. The highest BCUT2D eigenvalue weighted by Gasteiger charge is 2.27. The molecule has 94 valence electrons. The topological polar surface area (TPSA) is 89.8 Å². The quantitative estimate of drug-likeness (QED) is 0.418. The number of hydrogen-bond acceptors (Lipinski definition) is 5. The van der Waals surface area contributed by atoms with Crippen molar-refractivity contribution < 1.29 is 20.1 Å². The fourth-order valence-electron chi connectivity index (χ4n) is 1.29. The third-order valence-electron chi connectivity index (χ3n) is 2.38. The normalized spacial score (nSPS) is 19.4. The van der Waals surface area contributed by atoms with Gasteiger partial charge in [0, 0.05) is 11.8 Å². The summed E-state index contributed by atoms with van der Waals surface area (Å²) in [5.74, 6) is 0.315. The molecule has 1 saturated carbocycles. The number of rotatable bonds is 9. The fourth-order valence-corrected chi connectivity index (χ4v) is 2.23. The number of thioether (sulfide) groups is 1. The molecule has 0 aromatic heterocycles. The van der Waals surface area contributed by atoms with Gasteiger partial charge in [0.25, 0.3) is 0 Å². The maximum absolute atomic E-state index is 10.9. The van der Waals surface area contributed by atoms with Gasteiger partial charge in [-0.1, -0.05) is 0 Å². The molecule has 1 aliphatic rings. The van der Waals surface area contributed by atoms with Gasteiger partial charge in [-0.2, -0.15) is 11.8 Å². The van der Waals surface area contributed by atoms with E-state index < -0.39 is 18.1 Å². The van der Waals surface area contributed by atoms with Gasteiger partial charge in [0.05, 0.1) is 12.7 Å². The van der Waals surface area contributed by atoms with Crippen molar-refractivity contribution in [2.45, 2.75) is 37.5 Å². The van der Waals surface area contributed by atoms with Gasteiger partial charge in [-0.15, -0.1) is 0 Å². The Morgan fingerprint density at radius 2 is 2.19 bits per heavy atom. The van der Waals surface area contributed by atoms with E-state index in [4.69, 9.17) is 15.3 Å². The largest absolute Gasteiger partial charge is 0.480 e. The van der Waals surface area contributed by atoms with E-state index in [9.17, 15) is 4.79 Å². The lowest BCUT2D eigenvalue weighted by Gasteiger charge is -2.14. The van der Waals surface area contributed by atoms with Crippen molar-refractivity contribution in [3.63, 3.8) is 0 Å². The highest BCUT2D eigenvalue weighted by Crippen LogP contribution is 2.20. The molecule has 5 nitrogen and oxygen atoms in total. The standard InChI is InChI=1S/C10H19NO4S/c12-5-8(13)6-16-4-3-9(10(14)15)11-7-1-2-7/h7-9,11-13H,1-6H2,(H,14,15). The number of carboxylic acids is 1. The Kier molecular flexibility index (Phi) is 6.12. The smallest absolute Gasteiger partial charge is 0.320 e. The van der Waals surface area contributed by atoms with E-state index in [1.165, 1.54) is 11.8 Å². The van der Waals surface area contributed by atoms with Crippen molar-refractivity contribution in [3.8, 4) is 0 Å². The molecule has 1 aliphatic carbocycles.